The van der Waals surface area contributed by atoms with Crippen LogP contribution in [0.1, 0.15) is 19.8 Å². The second-order valence-electron chi connectivity index (χ2n) is 5.55. The number of rotatable bonds is 4. The number of fused-ring (bicyclic) bond motifs is 1. The van der Waals surface area contributed by atoms with Gasteiger partial charge < -0.3 is 19.7 Å². The van der Waals surface area contributed by atoms with Gasteiger partial charge in [0.25, 0.3) is 0 Å². The van der Waals surface area contributed by atoms with Gasteiger partial charge in [-0.2, -0.15) is 0 Å². The van der Waals surface area contributed by atoms with Crippen LogP contribution < -0.4 is 19.7 Å². The van der Waals surface area contributed by atoms with E-state index >= 15 is 0 Å². The van der Waals surface area contributed by atoms with E-state index in [1.807, 2.05) is 6.07 Å². The van der Waals surface area contributed by atoms with Crippen molar-refractivity contribution in [2.45, 2.75) is 25.8 Å². The maximum Gasteiger partial charge on any atom is 0.162 e. The lowest BCUT2D eigenvalue weighted by Crippen LogP contribution is -2.43. The third-order valence-corrected chi connectivity index (χ3v) is 4.08. The summed E-state index contributed by atoms with van der Waals surface area (Å²) < 4.78 is 10.8. The number of hydrogen-bond acceptors (Lipinski definition) is 4. The summed E-state index contributed by atoms with van der Waals surface area (Å²) in [6.45, 7) is 4.41. The van der Waals surface area contributed by atoms with Crippen molar-refractivity contribution < 1.29 is 9.47 Å². The predicted octanol–water partition coefficient (Wildman–Crippen LogP) is 2.73. The molecule has 0 radical (unpaired) electrons. The van der Waals surface area contributed by atoms with Gasteiger partial charge in [-0.05, 0) is 25.7 Å². The highest BCUT2D eigenvalue weighted by Crippen LogP contribution is 2.42. The molecule has 1 fully saturated rings. The van der Waals surface area contributed by atoms with Crippen LogP contribution in [0.4, 0.5) is 11.4 Å². The Hall–Kier alpha value is -1.58. The third kappa shape index (κ3) is 2.31. The summed E-state index contributed by atoms with van der Waals surface area (Å²) in [6, 6.07) is 4.66. The van der Waals surface area contributed by atoms with Crippen molar-refractivity contribution in [1.29, 1.82) is 0 Å². The molecular formula is C15H22N2O2. The second-order valence-corrected chi connectivity index (χ2v) is 5.55. The molecule has 2 aliphatic rings. The lowest BCUT2D eigenvalue weighted by Gasteiger charge is -2.38. The smallest absolute Gasteiger partial charge is 0.162 e. The zero-order chi connectivity index (χ0) is 13.4. The van der Waals surface area contributed by atoms with Crippen LogP contribution in [0.25, 0.3) is 0 Å². The van der Waals surface area contributed by atoms with Crippen molar-refractivity contribution >= 4 is 11.4 Å². The summed E-state index contributed by atoms with van der Waals surface area (Å²) in [5.74, 6) is 2.47. The average Bonchev–Trinajstić information content (AvgIpc) is 3.24. The summed E-state index contributed by atoms with van der Waals surface area (Å²) >= 11 is 0. The van der Waals surface area contributed by atoms with Gasteiger partial charge in [0.2, 0.25) is 0 Å². The summed E-state index contributed by atoms with van der Waals surface area (Å²) in [7, 11) is 3.37. The number of nitrogens with one attached hydrogen (secondary N) is 1. The van der Waals surface area contributed by atoms with Crippen molar-refractivity contribution in [2.24, 2.45) is 5.92 Å². The van der Waals surface area contributed by atoms with E-state index in [-0.39, 0.29) is 0 Å². The number of anilines is 2. The van der Waals surface area contributed by atoms with Crippen molar-refractivity contribution in [3.8, 4) is 11.5 Å². The van der Waals surface area contributed by atoms with Gasteiger partial charge in [-0.3, -0.25) is 0 Å². The van der Waals surface area contributed by atoms with Crippen LogP contribution in [-0.2, 0) is 0 Å². The van der Waals surface area contributed by atoms with Gasteiger partial charge in [0.15, 0.2) is 11.5 Å². The van der Waals surface area contributed by atoms with Gasteiger partial charge >= 0.3 is 0 Å². The molecule has 0 saturated heterocycles. The molecule has 1 aliphatic heterocycles. The highest BCUT2D eigenvalue weighted by molar-refractivity contribution is 5.77. The molecule has 104 valence electrons. The number of benzene rings is 1. The molecule has 0 aromatic heterocycles. The van der Waals surface area contributed by atoms with Crippen LogP contribution in [-0.4, -0.2) is 33.4 Å². The first-order valence-corrected chi connectivity index (χ1v) is 6.99. The minimum atomic E-state index is 0.520. The molecule has 1 saturated carbocycles. The fourth-order valence-electron chi connectivity index (χ4n) is 2.71. The molecule has 1 heterocycles. The van der Waals surface area contributed by atoms with E-state index in [0.29, 0.717) is 6.04 Å². The number of ether oxygens (including phenoxy) is 2. The van der Waals surface area contributed by atoms with E-state index in [0.717, 1.165) is 36.2 Å². The van der Waals surface area contributed by atoms with Crippen molar-refractivity contribution in [1.82, 2.24) is 0 Å². The Kier molecular flexibility index (Phi) is 3.17. The molecular weight excluding hydrogens is 240 g/mol. The molecule has 0 spiro atoms. The van der Waals surface area contributed by atoms with Crippen molar-refractivity contribution in [2.75, 3.05) is 37.5 Å². The first-order chi connectivity index (χ1) is 9.22. The minimum absolute atomic E-state index is 0.520. The SMILES string of the molecule is COc1cc2c(cc1OC)N(CC1CC1)C(C)CN2. The van der Waals surface area contributed by atoms with Crippen LogP contribution in [0.3, 0.4) is 0 Å². The third-order valence-electron chi connectivity index (χ3n) is 4.08. The Morgan fingerprint density at radius 2 is 1.89 bits per heavy atom. The molecule has 4 nitrogen and oxygen atoms in total. The van der Waals surface area contributed by atoms with E-state index < -0.39 is 0 Å². The van der Waals surface area contributed by atoms with E-state index in [9.17, 15) is 0 Å². The number of methoxy groups -OCH3 is 2. The van der Waals surface area contributed by atoms with Crippen LogP contribution in [0.5, 0.6) is 11.5 Å². The highest BCUT2D eigenvalue weighted by Gasteiger charge is 2.30. The molecule has 0 amide bonds. The standard InChI is InChI=1S/C15H22N2O2/c1-10-8-16-12-6-14(18-2)15(19-3)7-13(12)17(10)9-11-4-5-11/h6-7,10-11,16H,4-5,8-9H2,1-3H3. The quantitative estimate of drug-likeness (QED) is 0.904. The summed E-state index contributed by atoms with van der Waals surface area (Å²) in [4.78, 5) is 2.51. The largest absolute Gasteiger partial charge is 0.493 e. The van der Waals surface area contributed by atoms with Gasteiger partial charge in [-0.1, -0.05) is 0 Å². The highest BCUT2D eigenvalue weighted by atomic mass is 16.5. The zero-order valence-electron chi connectivity index (χ0n) is 11.9. The van der Waals surface area contributed by atoms with Gasteiger partial charge in [0.05, 0.1) is 25.6 Å². The molecule has 1 aromatic rings. The Morgan fingerprint density at radius 3 is 2.53 bits per heavy atom. The van der Waals surface area contributed by atoms with E-state index in [1.54, 1.807) is 14.2 Å². The maximum absolute atomic E-state index is 5.43. The average molecular weight is 262 g/mol. The molecule has 1 N–H and O–H groups in total. The Morgan fingerprint density at radius 1 is 1.21 bits per heavy atom. The number of hydrogen-bond donors (Lipinski definition) is 1. The van der Waals surface area contributed by atoms with Crippen LogP contribution >= 0.6 is 0 Å². The van der Waals surface area contributed by atoms with Crippen LogP contribution in [0, 0.1) is 5.92 Å². The lowest BCUT2D eigenvalue weighted by molar-refractivity contribution is 0.355. The lowest BCUT2D eigenvalue weighted by atomic mass is 10.1. The van der Waals surface area contributed by atoms with Crippen LogP contribution in [0.15, 0.2) is 12.1 Å². The summed E-state index contributed by atoms with van der Waals surface area (Å²) in [5, 5.41) is 3.48. The van der Waals surface area contributed by atoms with E-state index in [1.165, 1.54) is 18.5 Å². The van der Waals surface area contributed by atoms with E-state index in [4.69, 9.17) is 9.47 Å². The molecule has 1 aromatic carbocycles. The minimum Gasteiger partial charge on any atom is -0.493 e. The fourth-order valence-corrected chi connectivity index (χ4v) is 2.71. The first kappa shape index (κ1) is 12.5. The molecule has 1 aliphatic carbocycles. The molecule has 4 heteroatoms. The first-order valence-electron chi connectivity index (χ1n) is 6.99. The Labute approximate surface area is 114 Å². The monoisotopic (exact) mass is 262 g/mol. The predicted molar refractivity (Wildman–Crippen MR) is 77.6 cm³/mol. The van der Waals surface area contributed by atoms with E-state index in [2.05, 4.69) is 23.2 Å². The van der Waals surface area contributed by atoms with Crippen molar-refractivity contribution in [3.63, 3.8) is 0 Å². The van der Waals surface area contributed by atoms with Gasteiger partial charge in [-0.15, -0.1) is 0 Å². The van der Waals surface area contributed by atoms with Crippen LogP contribution in [0.2, 0.25) is 0 Å². The Bertz CT molecular complexity index is 471. The van der Waals surface area contributed by atoms with Gasteiger partial charge in [0.1, 0.15) is 0 Å². The second kappa shape index (κ2) is 4.83. The zero-order valence-corrected chi connectivity index (χ0v) is 11.9. The van der Waals surface area contributed by atoms with Gasteiger partial charge in [-0.25, -0.2) is 0 Å². The molecule has 3 rings (SSSR count). The molecule has 0 bridgehead atoms. The number of nitrogens with zero attached hydrogens (tertiary/aromatic N) is 1. The topological polar surface area (TPSA) is 33.7 Å². The summed E-state index contributed by atoms with van der Waals surface area (Å²) in [5.41, 5.74) is 2.39. The Balaban J connectivity index is 1.97. The maximum atomic E-state index is 5.43. The summed E-state index contributed by atoms with van der Waals surface area (Å²) in [6.07, 6.45) is 2.75. The van der Waals surface area contributed by atoms with Gasteiger partial charge in [0, 0.05) is 31.3 Å². The fraction of sp³-hybridized carbons (Fsp3) is 0.600. The normalized spacial score (nSPS) is 21.6. The molecule has 1 unspecified atom stereocenters. The van der Waals surface area contributed by atoms with Crippen molar-refractivity contribution in [3.05, 3.63) is 12.1 Å². The molecule has 1 atom stereocenters. The molecule has 19 heavy (non-hydrogen) atoms.